The van der Waals surface area contributed by atoms with E-state index in [1.54, 1.807) is 25.1 Å². The number of fused-ring (bicyclic) bond motifs is 1. The minimum Gasteiger partial charge on any atom is -0.623 e. The van der Waals surface area contributed by atoms with E-state index in [0.29, 0.717) is 16.1 Å². The molecule has 7 heteroatoms. The Morgan fingerprint density at radius 1 is 1.27 bits per heavy atom. The Kier molecular flexibility index (Phi) is 7.21. The van der Waals surface area contributed by atoms with E-state index < -0.39 is 12.1 Å². The van der Waals surface area contributed by atoms with Crippen LogP contribution in [-0.2, 0) is 4.74 Å². The quantitative estimate of drug-likeness (QED) is 0.187. The largest absolute Gasteiger partial charge is 0.623 e. The maximum absolute atomic E-state index is 13.1. The second-order valence-electron chi connectivity index (χ2n) is 6.51. The average molecular weight is 425 g/mol. The Morgan fingerprint density at radius 2 is 1.97 bits per heavy atom. The first kappa shape index (κ1) is 21.5. The first-order valence-corrected chi connectivity index (χ1v) is 10.4. The summed E-state index contributed by atoms with van der Waals surface area (Å²) in [5.74, 6) is 0. The van der Waals surface area contributed by atoms with Crippen LogP contribution < -0.4 is 4.90 Å². The van der Waals surface area contributed by atoms with Gasteiger partial charge in [-0.1, -0.05) is 54.6 Å². The van der Waals surface area contributed by atoms with Crippen LogP contribution in [0.4, 0.5) is 9.80 Å². The highest BCUT2D eigenvalue weighted by Crippen LogP contribution is 2.37. The summed E-state index contributed by atoms with van der Waals surface area (Å²) >= 11 is 1.40. The van der Waals surface area contributed by atoms with Crippen molar-refractivity contribution in [3.05, 3.63) is 83.6 Å². The molecule has 0 radical (unpaired) electrons. The smallest absolute Gasteiger partial charge is 0.415 e. The molecular weight excluding hydrogens is 400 g/mol. The van der Waals surface area contributed by atoms with Gasteiger partial charge >= 0.3 is 6.09 Å². The molecule has 30 heavy (non-hydrogen) atoms. The normalized spacial score (nSPS) is 12.5. The number of carbonyl (C=O) groups is 1. The van der Waals surface area contributed by atoms with E-state index in [0.717, 1.165) is 14.8 Å². The fourth-order valence-electron chi connectivity index (χ4n) is 3.17. The summed E-state index contributed by atoms with van der Waals surface area (Å²) in [4.78, 5) is 14.0. The number of hydroxylamine groups is 1. The van der Waals surface area contributed by atoms with E-state index in [4.69, 9.17) is 4.74 Å². The minimum atomic E-state index is -0.756. The molecule has 3 rings (SSSR count). The van der Waals surface area contributed by atoms with Crippen LogP contribution in [0.15, 0.2) is 67.3 Å². The third-order valence-corrected chi connectivity index (χ3v) is 5.79. The van der Waals surface area contributed by atoms with Crippen molar-refractivity contribution in [1.82, 2.24) is 0 Å². The van der Waals surface area contributed by atoms with Gasteiger partial charge in [-0.2, -0.15) is 0 Å². The van der Waals surface area contributed by atoms with Gasteiger partial charge in [0.2, 0.25) is 6.04 Å². The van der Waals surface area contributed by atoms with E-state index >= 15 is 0 Å². The lowest BCUT2D eigenvalue weighted by molar-refractivity contribution is -0.506. The van der Waals surface area contributed by atoms with E-state index in [2.05, 4.69) is 6.58 Å². The van der Waals surface area contributed by atoms with Gasteiger partial charge in [-0.3, -0.25) is 4.90 Å². The molecule has 1 aromatic heterocycles. The van der Waals surface area contributed by atoms with Crippen LogP contribution in [0.25, 0.3) is 10.1 Å². The van der Waals surface area contributed by atoms with Gasteiger partial charge in [-0.05, 0) is 13.0 Å². The van der Waals surface area contributed by atoms with Gasteiger partial charge in [-0.15, -0.1) is 17.9 Å². The number of thiophene rings is 1. The summed E-state index contributed by atoms with van der Waals surface area (Å²) < 4.78 is 6.88. The highest BCUT2D eigenvalue weighted by Gasteiger charge is 2.25. The van der Waals surface area contributed by atoms with Gasteiger partial charge in [0, 0.05) is 22.2 Å². The summed E-state index contributed by atoms with van der Waals surface area (Å²) in [5.41, 5.74) is 1.32. The molecule has 3 aromatic rings. The average Bonchev–Trinajstić information content (AvgIpc) is 3.11. The Hall–Kier alpha value is -3.16. The van der Waals surface area contributed by atoms with E-state index in [9.17, 15) is 15.1 Å². The topological polar surface area (TPSA) is 75.8 Å². The van der Waals surface area contributed by atoms with Gasteiger partial charge in [0.15, 0.2) is 6.21 Å². The Balaban J connectivity index is 2.14. The zero-order chi connectivity index (χ0) is 21.5. The van der Waals surface area contributed by atoms with Crippen LogP contribution in [0.3, 0.4) is 0 Å². The number of aliphatic hydroxyl groups excluding tert-OH is 1. The predicted molar refractivity (Wildman–Crippen MR) is 121 cm³/mol. The monoisotopic (exact) mass is 424 g/mol. The molecule has 0 aliphatic rings. The summed E-state index contributed by atoms with van der Waals surface area (Å²) in [6, 6.07) is 16.0. The first-order valence-electron chi connectivity index (χ1n) is 9.63. The zero-order valence-corrected chi connectivity index (χ0v) is 17.5. The molecular formula is C23H24N2O4S. The Labute approximate surface area is 179 Å². The molecule has 0 bridgehead atoms. The van der Waals surface area contributed by atoms with Crippen LogP contribution in [0.1, 0.15) is 24.1 Å². The molecule has 0 spiro atoms. The predicted octanol–water partition coefficient (Wildman–Crippen LogP) is 4.71. The number of carbonyl (C=O) groups excluding carboxylic acids is 1. The summed E-state index contributed by atoms with van der Waals surface area (Å²) in [7, 11) is 0. The molecule has 156 valence electrons. The minimum absolute atomic E-state index is 0.241. The second kappa shape index (κ2) is 10.0. The molecule has 0 saturated carbocycles. The van der Waals surface area contributed by atoms with Crippen molar-refractivity contribution >= 4 is 38.7 Å². The molecule has 0 unspecified atom stereocenters. The lowest BCUT2D eigenvalue weighted by Gasteiger charge is -2.20. The van der Waals surface area contributed by atoms with Crippen LogP contribution in [0, 0.1) is 5.21 Å². The summed E-state index contributed by atoms with van der Waals surface area (Å²) in [5, 5.41) is 24.4. The number of benzene rings is 2. The molecule has 2 aromatic carbocycles. The van der Waals surface area contributed by atoms with Gasteiger partial charge < -0.3 is 15.1 Å². The number of hydrogen-bond acceptors (Lipinski definition) is 5. The molecule has 0 saturated heterocycles. The van der Waals surface area contributed by atoms with Crippen molar-refractivity contribution in [1.29, 1.82) is 0 Å². The van der Waals surface area contributed by atoms with Crippen LogP contribution in [0.5, 0.6) is 0 Å². The number of amides is 1. The lowest BCUT2D eigenvalue weighted by atomic mass is 10.1. The van der Waals surface area contributed by atoms with Crippen molar-refractivity contribution in [3.63, 3.8) is 0 Å². The van der Waals surface area contributed by atoms with Crippen molar-refractivity contribution in [2.75, 3.05) is 24.7 Å². The standard InChI is InChI=1S/C23H24N2O4S/c1-3-14-24(23(27)29-4-2)22-19(18-12-8-9-13-21(18)30-22)15-25(28)20(16-26)17-10-6-5-7-11-17/h3,5-13,15,20,26H,1,4,14,16H2,2H3/b25-15-/t20-/m0/s1. The third-order valence-electron chi connectivity index (χ3n) is 4.58. The third kappa shape index (κ3) is 4.53. The molecule has 6 nitrogen and oxygen atoms in total. The SMILES string of the molecule is C=CCN(C(=O)OCC)c1sc2ccccc2c1/C=[N+](\[O-])[C@@H](CO)c1ccccc1. The van der Waals surface area contributed by atoms with E-state index in [1.807, 2.05) is 42.5 Å². The number of nitrogens with zero attached hydrogens (tertiary/aromatic N) is 2. The van der Waals surface area contributed by atoms with Crippen LogP contribution in [-0.4, -0.2) is 41.9 Å². The van der Waals surface area contributed by atoms with Crippen molar-refractivity contribution in [3.8, 4) is 0 Å². The molecule has 1 heterocycles. The maximum Gasteiger partial charge on any atom is 0.415 e. The number of ether oxygens (including phenoxy) is 1. The zero-order valence-electron chi connectivity index (χ0n) is 16.7. The maximum atomic E-state index is 13.1. The molecule has 0 aliphatic carbocycles. The number of rotatable bonds is 8. The Morgan fingerprint density at radius 3 is 2.63 bits per heavy atom. The van der Waals surface area contributed by atoms with Gasteiger partial charge in [0.1, 0.15) is 11.6 Å². The molecule has 1 atom stereocenters. The highest BCUT2D eigenvalue weighted by molar-refractivity contribution is 7.23. The van der Waals surface area contributed by atoms with E-state index in [1.165, 1.54) is 22.5 Å². The fourth-order valence-corrected chi connectivity index (χ4v) is 4.35. The lowest BCUT2D eigenvalue weighted by Crippen LogP contribution is -2.32. The summed E-state index contributed by atoms with van der Waals surface area (Å²) in [6.45, 7) is 5.62. The van der Waals surface area contributed by atoms with Gasteiger partial charge in [0.05, 0.1) is 12.2 Å². The number of hydrogen-bond donors (Lipinski definition) is 1. The van der Waals surface area contributed by atoms with Crippen molar-refractivity contribution < 1.29 is 19.4 Å². The van der Waals surface area contributed by atoms with Gasteiger partial charge in [0.25, 0.3) is 0 Å². The van der Waals surface area contributed by atoms with Crippen LogP contribution in [0.2, 0.25) is 0 Å². The molecule has 0 aliphatic heterocycles. The summed E-state index contributed by atoms with van der Waals surface area (Å²) in [6.07, 6.45) is 2.55. The van der Waals surface area contributed by atoms with Crippen molar-refractivity contribution in [2.45, 2.75) is 13.0 Å². The Bertz CT molecular complexity index is 1050. The number of aliphatic hydroxyl groups is 1. The number of anilines is 1. The fraction of sp³-hybridized carbons (Fsp3) is 0.217. The van der Waals surface area contributed by atoms with Crippen molar-refractivity contribution in [2.24, 2.45) is 0 Å². The van der Waals surface area contributed by atoms with E-state index in [-0.39, 0.29) is 19.8 Å². The van der Waals surface area contributed by atoms with Gasteiger partial charge in [-0.25, -0.2) is 9.53 Å². The molecule has 0 fully saturated rings. The highest BCUT2D eigenvalue weighted by atomic mass is 32.1. The molecule has 1 N–H and O–H groups in total. The molecule has 1 amide bonds. The first-order chi connectivity index (χ1) is 14.6. The van der Waals surface area contributed by atoms with Crippen LogP contribution >= 0.6 is 11.3 Å². The second-order valence-corrected chi connectivity index (χ2v) is 7.54.